The van der Waals surface area contributed by atoms with E-state index in [-0.39, 0.29) is 11.3 Å². The number of rotatable bonds is 6. The van der Waals surface area contributed by atoms with Crippen molar-refractivity contribution in [3.8, 4) is 0 Å². The Hall–Kier alpha value is -2.40. The van der Waals surface area contributed by atoms with E-state index < -0.39 is 0 Å². The van der Waals surface area contributed by atoms with Crippen LogP contribution in [0.15, 0.2) is 45.8 Å². The Bertz CT molecular complexity index is 732. The van der Waals surface area contributed by atoms with Gasteiger partial charge in [0.05, 0.1) is 10.9 Å². The molecule has 0 unspecified atom stereocenters. The standard InChI is InChI=1S/C17H20N2O3/c1-19(2)11-5-10-18-16(20)9-8-13-12-22-15-7-4-3-6-14(15)17(13)21/h3-4,6-9,12H,5,10-11H2,1-2H3,(H,18,20)/b9-8+. The van der Waals surface area contributed by atoms with Crippen LogP contribution in [0.25, 0.3) is 17.0 Å². The molecule has 1 heterocycles. The summed E-state index contributed by atoms with van der Waals surface area (Å²) in [5.74, 6) is -0.216. The summed E-state index contributed by atoms with van der Waals surface area (Å²) >= 11 is 0. The third-order valence-corrected chi connectivity index (χ3v) is 3.20. The summed E-state index contributed by atoms with van der Waals surface area (Å²) in [6, 6.07) is 7.04. The Labute approximate surface area is 129 Å². The third kappa shape index (κ3) is 4.30. The minimum atomic E-state index is -0.216. The van der Waals surface area contributed by atoms with Crippen molar-refractivity contribution in [1.29, 1.82) is 0 Å². The average molecular weight is 300 g/mol. The van der Waals surface area contributed by atoms with Crippen LogP contribution in [0.4, 0.5) is 0 Å². The summed E-state index contributed by atoms with van der Waals surface area (Å²) in [5.41, 5.74) is 0.762. The van der Waals surface area contributed by atoms with Crippen molar-refractivity contribution in [2.24, 2.45) is 0 Å². The Balaban J connectivity index is 2.00. The molecule has 5 heteroatoms. The minimum Gasteiger partial charge on any atom is -0.463 e. The summed E-state index contributed by atoms with van der Waals surface area (Å²) < 4.78 is 5.39. The predicted molar refractivity (Wildman–Crippen MR) is 87.7 cm³/mol. The van der Waals surface area contributed by atoms with Crippen molar-refractivity contribution in [2.75, 3.05) is 27.2 Å². The van der Waals surface area contributed by atoms with Crippen molar-refractivity contribution >= 4 is 23.0 Å². The van der Waals surface area contributed by atoms with Crippen molar-refractivity contribution in [2.45, 2.75) is 6.42 Å². The van der Waals surface area contributed by atoms with E-state index >= 15 is 0 Å². The Morgan fingerprint density at radius 1 is 1.32 bits per heavy atom. The van der Waals surface area contributed by atoms with E-state index in [1.54, 1.807) is 18.2 Å². The fraction of sp³-hybridized carbons (Fsp3) is 0.294. The minimum absolute atomic E-state index is 0.140. The van der Waals surface area contributed by atoms with E-state index in [1.165, 1.54) is 18.4 Å². The average Bonchev–Trinajstić information content (AvgIpc) is 2.51. The van der Waals surface area contributed by atoms with Gasteiger partial charge in [-0.2, -0.15) is 0 Å². The maximum atomic E-state index is 12.2. The van der Waals surface area contributed by atoms with Gasteiger partial charge < -0.3 is 14.6 Å². The molecule has 0 radical (unpaired) electrons. The Kier molecular flexibility index (Phi) is 5.49. The molecule has 0 fully saturated rings. The first-order chi connectivity index (χ1) is 10.6. The van der Waals surface area contributed by atoms with E-state index in [4.69, 9.17) is 4.42 Å². The van der Waals surface area contributed by atoms with Crippen LogP contribution in [0.2, 0.25) is 0 Å². The number of hydrogen-bond donors (Lipinski definition) is 1. The van der Waals surface area contributed by atoms with Gasteiger partial charge in [-0.15, -0.1) is 0 Å². The molecule has 1 aromatic heterocycles. The number of nitrogens with one attached hydrogen (secondary N) is 1. The fourth-order valence-electron chi connectivity index (χ4n) is 2.04. The maximum absolute atomic E-state index is 12.2. The van der Waals surface area contributed by atoms with E-state index in [1.807, 2.05) is 20.2 Å². The molecule has 2 rings (SSSR count). The second kappa shape index (κ2) is 7.56. The molecular formula is C17H20N2O3. The summed E-state index contributed by atoms with van der Waals surface area (Å²) in [7, 11) is 3.97. The van der Waals surface area contributed by atoms with Gasteiger partial charge in [0.25, 0.3) is 0 Å². The number of hydrogen-bond acceptors (Lipinski definition) is 4. The third-order valence-electron chi connectivity index (χ3n) is 3.20. The van der Waals surface area contributed by atoms with Gasteiger partial charge in [0.1, 0.15) is 11.8 Å². The monoisotopic (exact) mass is 300 g/mol. The number of carbonyl (C=O) groups is 1. The normalized spacial score (nSPS) is 11.4. The van der Waals surface area contributed by atoms with Crippen LogP contribution in [0.1, 0.15) is 12.0 Å². The lowest BCUT2D eigenvalue weighted by molar-refractivity contribution is -0.116. The van der Waals surface area contributed by atoms with Crippen LogP contribution in [0, 0.1) is 0 Å². The van der Waals surface area contributed by atoms with Crippen molar-refractivity contribution < 1.29 is 9.21 Å². The highest BCUT2D eigenvalue weighted by Gasteiger charge is 2.04. The molecule has 0 aliphatic rings. The zero-order valence-corrected chi connectivity index (χ0v) is 12.8. The molecular weight excluding hydrogens is 280 g/mol. The molecule has 1 N–H and O–H groups in total. The molecule has 0 saturated carbocycles. The Morgan fingerprint density at radius 3 is 2.86 bits per heavy atom. The Morgan fingerprint density at radius 2 is 2.09 bits per heavy atom. The van der Waals surface area contributed by atoms with Crippen LogP contribution in [-0.2, 0) is 4.79 Å². The number of nitrogens with zero attached hydrogens (tertiary/aromatic N) is 1. The first-order valence-corrected chi connectivity index (χ1v) is 7.19. The molecule has 0 aliphatic carbocycles. The largest absolute Gasteiger partial charge is 0.463 e. The fourth-order valence-corrected chi connectivity index (χ4v) is 2.04. The molecule has 22 heavy (non-hydrogen) atoms. The lowest BCUT2D eigenvalue weighted by Crippen LogP contribution is -2.25. The van der Waals surface area contributed by atoms with Gasteiger partial charge in [-0.3, -0.25) is 9.59 Å². The highest BCUT2D eigenvalue weighted by molar-refractivity contribution is 5.92. The first kappa shape index (κ1) is 16.0. The molecule has 5 nitrogen and oxygen atoms in total. The van der Waals surface area contributed by atoms with Crippen LogP contribution in [0.5, 0.6) is 0 Å². The van der Waals surface area contributed by atoms with Crippen LogP contribution >= 0.6 is 0 Å². The molecule has 2 aromatic rings. The zero-order valence-electron chi connectivity index (χ0n) is 12.8. The van der Waals surface area contributed by atoms with Crippen LogP contribution in [0.3, 0.4) is 0 Å². The number of amides is 1. The second-order valence-electron chi connectivity index (χ2n) is 5.30. The van der Waals surface area contributed by atoms with Crippen LogP contribution < -0.4 is 10.7 Å². The molecule has 0 atom stereocenters. The van der Waals surface area contributed by atoms with E-state index in [2.05, 4.69) is 10.2 Å². The van der Waals surface area contributed by atoms with Gasteiger partial charge >= 0.3 is 0 Å². The lowest BCUT2D eigenvalue weighted by atomic mass is 10.1. The van der Waals surface area contributed by atoms with Gasteiger partial charge in [0.2, 0.25) is 5.91 Å². The van der Waals surface area contributed by atoms with E-state index in [0.717, 1.165) is 13.0 Å². The summed E-state index contributed by atoms with van der Waals surface area (Å²) in [6.45, 7) is 1.52. The summed E-state index contributed by atoms with van der Waals surface area (Å²) in [4.78, 5) is 26.0. The van der Waals surface area contributed by atoms with Crippen LogP contribution in [-0.4, -0.2) is 38.0 Å². The topological polar surface area (TPSA) is 62.6 Å². The molecule has 0 bridgehead atoms. The number of benzene rings is 1. The number of fused-ring (bicyclic) bond motifs is 1. The van der Waals surface area contributed by atoms with Gasteiger partial charge in [0.15, 0.2) is 5.43 Å². The van der Waals surface area contributed by atoms with Gasteiger partial charge in [-0.25, -0.2) is 0 Å². The van der Waals surface area contributed by atoms with Crippen molar-refractivity contribution in [3.05, 3.63) is 52.4 Å². The number of carbonyl (C=O) groups excluding carboxylic acids is 1. The maximum Gasteiger partial charge on any atom is 0.244 e. The molecule has 1 aromatic carbocycles. The van der Waals surface area contributed by atoms with Gasteiger partial charge in [0, 0.05) is 12.6 Å². The summed E-state index contributed by atoms with van der Waals surface area (Å²) in [6.07, 6.45) is 5.10. The SMILES string of the molecule is CN(C)CCCNC(=O)/C=C/c1coc2ccccc2c1=O. The van der Waals surface area contributed by atoms with E-state index in [0.29, 0.717) is 23.1 Å². The molecule has 1 amide bonds. The quantitative estimate of drug-likeness (QED) is 0.653. The second-order valence-corrected chi connectivity index (χ2v) is 5.30. The molecule has 0 spiro atoms. The van der Waals surface area contributed by atoms with Crippen molar-refractivity contribution in [1.82, 2.24) is 10.2 Å². The summed E-state index contributed by atoms with van der Waals surface area (Å²) in [5, 5.41) is 3.29. The van der Waals surface area contributed by atoms with E-state index in [9.17, 15) is 9.59 Å². The molecule has 0 aliphatic heterocycles. The highest BCUT2D eigenvalue weighted by atomic mass is 16.3. The molecule has 0 saturated heterocycles. The molecule has 116 valence electrons. The lowest BCUT2D eigenvalue weighted by Gasteiger charge is -2.08. The van der Waals surface area contributed by atoms with Gasteiger partial charge in [-0.05, 0) is 45.3 Å². The first-order valence-electron chi connectivity index (χ1n) is 7.19. The van der Waals surface area contributed by atoms with Gasteiger partial charge in [-0.1, -0.05) is 12.1 Å². The smallest absolute Gasteiger partial charge is 0.244 e. The van der Waals surface area contributed by atoms with Crippen molar-refractivity contribution in [3.63, 3.8) is 0 Å². The predicted octanol–water partition coefficient (Wildman–Crippen LogP) is 1.87. The zero-order chi connectivity index (χ0) is 15.9. The highest BCUT2D eigenvalue weighted by Crippen LogP contribution is 2.10. The number of para-hydroxylation sites is 1.